The maximum atomic E-state index is 14.8. The predicted molar refractivity (Wildman–Crippen MR) is 228 cm³/mol. The van der Waals surface area contributed by atoms with E-state index in [-0.39, 0.29) is 36.5 Å². The second kappa shape index (κ2) is 15.4. The van der Waals surface area contributed by atoms with Crippen LogP contribution >= 0.6 is 0 Å². The van der Waals surface area contributed by atoms with Crippen LogP contribution in [0.15, 0.2) is 48.5 Å². The highest BCUT2D eigenvalue weighted by molar-refractivity contribution is 6.23. The van der Waals surface area contributed by atoms with Crippen LogP contribution < -0.4 is 15.0 Å². The molecule has 0 bridgehead atoms. The Morgan fingerprint density at radius 3 is 2.23 bits per heavy atom. The third-order valence-corrected chi connectivity index (χ3v) is 14.7. The number of imide groups is 2. The molecule has 4 heterocycles. The van der Waals surface area contributed by atoms with Crippen molar-refractivity contribution < 1.29 is 33.1 Å². The van der Waals surface area contributed by atoms with Gasteiger partial charge in [0.2, 0.25) is 11.8 Å². The lowest BCUT2D eigenvalue weighted by Crippen LogP contribution is -2.74. The van der Waals surface area contributed by atoms with Crippen LogP contribution in [0, 0.1) is 64.5 Å². The number of benzene rings is 3. The second-order valence-electron chi connectivity index (χ2n) is 19.5. The number of hydrogen-bond donors (Lipinski definition) is 1. The highest BCUT2D eigenvalue weighted by atomic mass is 19.1. The number of hydrogen-bond acceptors (Lipinski definition) is 8. The maximum absolute atomic E-state index is 14.8. The highest BCUT2D eigenvalue weighted by Crippen LogP contribution is 2.59. The lowest BCUT2D eigenvalue weighted by molar-refractivity contribution is -0.199. The standard InChI is InChI=1S/C50H52FN5O6/c1-28-40(20-15-33(24-52)42(28)51)62-48-49(2,3)47(50(48,4)5)55-27-34-22-31(14-17-36(34)44(55)59)12-10-29-6-8-30(9-7-29)11-13-32-25-54(26-32)35-16-18-37-38(23-35)46(61)56(45(37)60)39-19-21-41(57)53-43(39)58/h14-18,20,22-23,29-30,32,39,47-48H,6-9,11,13,19,21,25-27H2,1-5H3,(H,53,57,58)/t29?,30?,39?,47-,48-. The number of fused-ring (bicyclic) bond motifs is 2. The molecule has 4 aliphatic heterocycles. The Morgan fingerprint density at radius 1 is 0.823 bits per heavy atom. The van der Waals surface area contributed by atoms with Gasteiger partial charge in [-0.2, -0.15) is 5.26 Å². The number of amides is 5. The summed E-state index contributed by atoms with van der Waals surface area (Å²) >= 11 is 0. The molecule has 3 aromatic carbocycles. The number of carbonyl (C=O) groups excluding carboxylic acids is 5. The molecule has 0 aromatic heterocycles. The zero-order valence-corrected chi connectivity index (χ0v) is 36.0. The van der Waals surface area contributed by atoms with Gasteiger partial charge < -0.3 is 14.5 Å². The Hall–Kier alpha value is -6.01. The van der Waals surface area contributed by atoms with Crippen molar-refractivity contribution in [2.24, 2.45) is 28.6 Å². The van der Waals surface area contributed by atoms with Crippen LogP contribution in [0.5, 0.6) is 5.75 Å². The number of piperidine rings is 1. The van der Waals surface area contributed by atoms with E-state index in [1.54, 1.807) is 25.1 Å². The van der Waals surface area contributed by atoms with Crippen molar-refractivity contribution in [2.75, 3.05) is 18.0 Å². The minimum Gasteiger partial charge on any atom is -0.489 e. The number of nitriles is 1. The first-order chi connectivity index (χ1) is 29.6. The summed E-state index contributed by atoms with van der Waals surface area (Å²) in [6.45, 7) is 12.3. The Labute approximate surface area is 361 Å². The van der Waals surface area contributed by atoms with E-state index in [9.17, 15) is 33.6 Å². The van der Waals surface area contributed by atoms with Gasteiger partial charge >= 0.3 is 0 Å². The number of ether oxygens (including phenoxy) is 1. The van der Waals surface area contributed by atoms with E-state index in [0.717, 1.165) is 66.9 Å². The third-order valence-electron chi connectivity index (χ3n) is 14.7. The van der Waals surface area contributed by atoms with Gasteiger partial charge in [-0.25, -0.2) is 4.39 Å². The van der Waals surface area contributed by atoms with Gasteiger partial charge in [0.15, 0.2) is 0 Å². The van der Waals surface area contributed by atoms with Gasteiger partial charge in [-0.15, -0.1) is 0 Å². The molecule has 0 spiro atoms. The minimum atomic E-state index is -0.969. The van der Waals surface area contributed by atoms with Crippen molar-refractivity contribution in [2.45, 2.75) is 111 Å². The minimum absolute atomic E-state index is 0.00939. The lowest BCUT2D eigenvalue weighted by Gasteiger charge is -2.65. The summed E-state index contributed by atoms with van der Waals surface area (Å²) in [5.74, 6) is 6.48. The first-order valence-corrected chi connectivity index (χ1v) is 22.0. The summed E-state index contributed by atoms with van der Waals surface area (Å²) < 4.78 is 21.2. The first kappa shape index (κ1) is 41.3. The molecule has 3 aromatic rings. The Bertz CT molecular complexity index is 2520. The molecule has 320 valence electrons. The van der Waals surface area contributed by atoms with Crippen molar-refractivity contribution >= 4 is 35.2 Å². The van der Waals surface area contributed by atoms with Crippen molar-refractivity contribution in [3.63, 3.8) is 0 Å². The molecule has 1 N–H and O–H groups in total. The molecule has 2 aliphatic carbocycles. The maximum Gasteiger partial charge on any atom is 0.262 e. The summed E-state index contributed by atoms with van der Waals surface area (Å²) in [5.41, 5.74) is 3.60. The quantitative estimate of drug-likeness (QED) is 0.184. The van der Waals surface area contributed by atoms with E-state index >= 15 is 0 Å². The molecule has 5 amide bonds. The molecule has 2 saturated carbocycles. The summed E-state index contributed by atoms with van der Waals surface area (Å²) in [6, 6.07) is 15.2. The first-order valence-electron chi connectivity index (χ1n) is 22.0. The number of anilines is 1. The summed E-state index contributed by atoms with van der Waals surface area (Å²) in [7, 11) is 0. The highest BCUT2D eigenvalue weighted by Gasteiger charge is 2.67. The van der Waals surface area contributed by atoms with Crippen molar-refractivity contribution in [1.82, 2.24) is 15.1 Å². The second-order valence-corrected chi connectivity index (χ2v) is 19.5. The average molecular weight is 838 g/mol. The SMILES string of the molecule is Cc1c(O[C@H]2C(C)(C)[C@H](N3Cc4cc(C#CC5CCC(CCC6CN(c7ccc8c(c7)C(=O)N(C7CCC(=O)NC7=O)C8=O)C6)CC5)ccc4C3=O)C2(C)C)ccc(C#N)c1F. The van der Waals surface area contributed by atoms with Gasteiger partial charge in [0.25, 0.3) is 17.7 Å². The number of nitrogens with zero attached hydrogens (tertiary/aromatic N) is 4. The van der Waals surface area contributed by atoms with Crippen LogP contribution in [0.2, 0.25) is 0 Å². The zero-order valence-electron chi connectivity index (χ0n) is 36.0. The molecule has 9 rings (SSSR count). The summed E-state index contributed by atoms with van der Waals surface area (Å²) in [5, 5.41) is 11.5. The van der Waals surface area contributed by atoms with Crippen LogP contribution in [0.4, 0.5) is 10.1 Å². The normalized spacial score (nSPS) is 26.2. The van der Waals surface area contributed by atoms with Crippen molar-refractivity contribution in [3.05, 3.63) is 93.3 Å². The Balaban J connectivity index is 0.740. The van der Waals surface area contributed by atoms with Gasteiger partial charge in [0, 0.05) is 71.2 Å². The van der Waals surface area contributed by atoms with Crippen molar-refractivity contribution in [1.29, 1.82) is 5.26 Å². The fraction of sp³-hybridized carbons (Fsp3) is 0.480. The lowest BCUT2D eigenvalue weighted by atomic mass is 9.49. The Kier molecular flexibility index (Phi) is 10.3. The van der Waals surface area contributed by atoms with Crippen LogP contribution in [-0.4, -0.2) is 70.6 Å². The number of carbonyl (C=O) groups is 5. The van der Waals surface area contributed by atoms with Crippen LogP contribution in [-0.2, 0) is 16.1 Å². The number of nitrogens with one attached hydrogen (secondary N) is 1. The largest absolute Gasteiger partial charge is 0.489 e. The van der Waals surface area contributed by atoms with Crippen molar-refractivity contribution in [3.8, 4) is 23.7 Å². The molecule has 12 heteroatoms. The summed E-state index contributed by atoms with van der Waals surface area (Å²) in [6.07, 6.45) is 6.75. The van der Waals surface area contributed by atoms with Crippen LogP contribution in [0.1, 0.15) is 132 Å². The number of halogens is 1. The van der Waals surface area contributed by atoms with E-state index < -0.39 is 46.3 Å². The van der Waals surface area contributed by atoms with E-state index in [1.165, 1.54) is 12.5 Å². The third kappa shape index (κ3) is 6.92. The average Bonchev–Trinajstić information content (AvgIpc) is 3.66. The van der Waals surface area contributed by atoms with Gasteiger partial charge in [0.1, 0.15) is 29.8 Å². The van der Waals surface area contributed by atoms with E-state index in [0.29, 0.717) is 52.3 Å². The summed E-state index contributed by atoms with van der Waals surface area (Å²) in [4.78, 5) is 69.5. The van der Waals surface area contributed by atoms with Crippen LogP contribution in [0.25, 0.3) is 0 Å². The molecule has 2 saturated heterocycles. The van der Waals surface area contributed by atoms with E-state index in [2.05, 4.69) is 55.8 Å². The molecular weight excluding hydrogens is 786 g/mol. The van der Waals surface area contributed by atoms with Gasteiger partial charge in [-0.1, -0.05) is 46.0 Å². The van der Waals surface area contributed by atoms with E-state index in [1.807, 2.05) is 29.2 Å². The predicted octanol–water partition coefficient (Wildman–Crippen LogP) is 7.32. The monoisotopic (exact) mass is 837 g/mol. The molecule has 6 aliphatic rings. The molecule has 0 radical (unpaired) electrons. The topological polar surface area (TPSA) is 140 Å². The van der Waals surface area contributed by atoms with E-state index in [4.69, 9.17) is 4.74 Å². The fourth-order valence-electron chi connectivity index (χ4n) is 11.7. The molecule has 4 fully saturated rings. The fourth-order valence-corrected chi connectivity index (χ4v) is 11.7. The molecule has 62 heavy (non-hydrogen) atoms. The van der Waals surface area contributed by atoms with Gasteiger partial charge in [-0.05, 0) is 111 Å². The smallest absolute Gasteiger partial charge is 0.262 e. The Morgan fingerprint density at radius 2 is 1.52 bits per heavy atom. The zero-order chi connectivity index (χ0) is 43.8. The van der Waals surface area contributed by atoms with Crippen LogP contribution in [0.3, 0.4) is 0 Å². The molecule has 11 nitrogen and oxygen atoms in total. The van der Waals surface area contributed by atoms with Gasteiger partial charge in [-0.3, -0.25) is 34.2 Å². The molecule has 1 unspecified atom stereocenters. The van der Waals surface area contributed by atoms with Gasteiger partial charge in [0.05, 0.1) is 16.7 Å². The molecular formula is C50H52FN5O6. The number of rotatable bonds is 8. The molecule has 1 atom stereocenters.